The van der Waals surface area contributed by atoms with Gasteiger partial charge in [-0.25, -0.2) is 4.98 Å². The normalized spacial score (nSPS) is 17.5. The molecule has 1 aliphatic carbocycles. The summed E-state index contributed by atoms with van der Waals surface area (Å²) >= 11 is 1.64. The van der Waals surface area contributed by atoms with Crippen molar-refractivity contribution in [3.63, 3.8) is 0 Å². The van der Waals surface area contributed by atoms with Crippen LogP contribution in [0.15, 0.2) is 29.1 Å². The topological polar surface area (TPSA) is 78.8 Å². The van der Waals surface area contributed by atoms with Crippen LogP contribution in [0.1, 0.15) is 48.2 Å². The molecule has 0 fully saturated rings. The van der Waals surface area contributed by atoms with E-state index in [9.17, 15) is 4.79 Å². The fourth-order valence-corrected chi connectivity index (χ4v) is 4.82. The molecule has 5 nitrogen and oxygen atoms in total. The molecule has 0 aliphatic heterocycles. The first-order valence-corrected chi connectivity index (χ1v) is 9.58. The zero-order valence-electron chi connectivity index (χ0n) is 14.7. The summed E-state index contributed by atoms with van der Waals surface area (Å²) < 4.78 is 5.89. The van der Waals surface area contributed by atoms with Crippen molar-refractivity contribution >= 4 is 21.6 Å². The number of aryl methyl sites for hydroxylation is 1. The summed E-state index contributed by atoms with van der Waals surface area (Å²) in [5.74, 6) is 1.82. The minimum atomic E-state index is -0.391. The Bertz CT molecular complexity index is 1060. The van der Waals surface area contributed by atoms with Crippen molar-refractivity contribution in [2.45, 2.75) is 39.2 Å². The van der Waals surface area contributed by atoms with Crippen molar-refractivity contribution in [2.75, 3.05) is 0 Å². The molecule has 0 saturated carbocycles. The lowest BCUT2D eigenvalue weighted by Gasteiger charge is -2.17. The Morgan fingerprint density at radius 3 is 2.88 bits per heavy atom. The highest BCUT2D eigenvalue weighted by Crippen LogP contribution is 2.36. The molecule has 0 spiro atoms. The van der Waals surface area contributed by atoms with Crippen LogP contribution in [-0.2, 0) is 12.8 Å². The van der Waals surface area contributed by atoms with Crippen molar-refractivity contribution in [1.82, 2.24) is 9.97 Å². The number of nitrogens with one attached hydrogen (secondary N) is 1. The number of H-pyrrole nitrogens is 1. The van der Waals surface area contributed by atoms with E-state index in [0.29, 0.717) is 23.1 Å². The molecule has 2 heterocycles. The number of nitriles is 1. The van der Waals surface area contributed by atoms with Gasteiger partial charge >= 0.3 is 0 Å². The molecule has 0 unspecified atom stereocenters. The Morgan fingerprint density at radius 1 is 1.38 bits per heavy atom. The fourth-order valence-electron chi connectivity index (χ4n) is 3.43. The van der Waals surface area contributed by atoms with E-state index in [1.807, 2.05) is 6.92 Å². The first-order valence-electron chi connectivity index (χ1n) is 8.76. The van der Waals surface area contributed by atoms with Crippen LogP contribution < -0.4 is 10.3 Å². The number of ether oxygens (including phenoxy) is 1. The Hall–Kier alpha value is -2.65. The van der Waals surface area contributed by atoms with E-state index in [1.165, 1.54) is 10.4 Å². The van der Waals surface area contributed by atoms with Crippen LogP contribution in [0.2, 0.25) is 0 Å². The number of hydrogen-bond donors (Lipinski definition) is 1. The first-order chi connectivity index (χ1) is 12.5. The third-order valence-electron chi connectivity index (χ3n) is 4.87. The van der Waals surface area contributed by atoms with Crippen molar-refractivity contribution in [3.05, 3.63) is 56.4 Å². The van der Waals surface area contributed by atoms with Crippen LogP contribution >= 0.6 is 11.3 Å². The smallest absolute Gasteiger partial charge is 0.260 e. The Labute approximate surface area is 155 Å². The van der Waals surface area contributed by atoms with E-state index in [-0.39, 0.29) is 5.56 Å². The maximum atomic E-state index is 12.7. The molecule has 1 aromatic carbocycles. The standard InChI is InChI=1S/C20H19N3O2S/c1-11-3-8-15-16(9-11)26-20-17(15)19(24)22-18(23-20)12(2)25-14-6-4-13(10-21)5-7-14/h4-7,11-12H,3,8-9H2,1-2H3,(H,22,23,24)/t11-,12-/m0/s1. The van der Waals surface area contributed by atoms with Gasteiger partial charge in [-0.15, -0.1) is 11.3 Å². The number of rotatable bonds is 3. The van der Waals surface area contributed by atoms with E-state index >= 15 is 0 Å². The molecule has 0 radical (unpaired) electrons. The summed E-state index contributed by atoms with van der Waals surface area (Å²) in [6.07, 6.45) is 2.72. The predicted molar refractivity (Wildman–Crippen MR) is 102 cm³/mol. The van der Waals surface area contributed by atoms with Crippen LogP contribution in [0.5, 0.6) is 5.75 Å². The van der Waals surface area contributed by atoms with E-state index in [4.69, 9.17) is 10.00 Å². The van der Waals surface area contributed by atoms with E-state index in [2.05, 4.69) is 23.0 Å². The van der Waals surface area contributed by atoms with Crippen LogP contribution in [0.4, 0.5) is 0 Å². The van der Waals surface area contributed by atoms with Gasteiger partial charge in [0, 0.05) is 4.88 Å². The molecule has 132 valence electrons. The summed E-state index contributed by atoms with van der Waals surface area (Å²) in [5.41, 5.74) is 1.69. The van der Waals surface area contributed by atoms with Gasteiger partial charge in [-0.1, -0.05) is 6.92 Å². The fraction of sp³-hybridized carbons (Fsp3) is 0.350. The van der Waals surface area contributed by atoms with Gasteiger partial charge in [-0.2, -0.15) is 5.26 Å². The van der Waals surface area contributed by atoms with Gasteiger partial charge in [0.25, 0.3) is 5.56 Å². The number of benzene rings is 1. The molecular weight excluding hydrogens is 346 g/mol. The van der Waals surface area contributed by atoms with Gasteiger partial charge < -0.3 is 9.72 Å². The summed E-state index contributed by atoms with van der Waals surface area (Å²) in [5, 5.41) is 9.62. The van der Waals surface area contributed by atoms with Crippen molar-refractivity contribution in [1.29, 1.82) is 5.26 Å². The number of thiophene rings is 1. The quantitative estimate of drug-likeness (QED) is 0.757. The second-order valence-electron chi connectivity index (χ2n) is 6.88. The predicted octanol–water partition coefficient (Wildman–Crippen LogP) is 4.12. The summed E-state index contributed by atoms with van der Waals surface area (Å²) in [6.45, 7) is 4.11. The molecule has 0 bridgehead atoms. The molecule has 3 aromatic rings. The van der Waals surface area contributed by atoms with E-state index < -0.39 is 6.10 Å². The highest BCUT2D eigenvalue weighted by Gasteiger charge is 2.24. The molecule has 1 N–H and O–H groups in total. The van der Waals surface area contributed by atoms with Gasteiger partial charge in [0.1, 0.15) is 10.6 Å². The molecule has 2 aromatic heterocycles. The van der Waals surface area contributed by atoms with Crippen molar-refractivity contribution in [2.24, 2.45) is 5.92 Å². The van der Waals surface area contributed by atoms with E-state index in [1.54, 1.807) is 35.6 Å². The maximum absolute atomic E-state index is 12.7. The monoisotopic (exact) mass is 365 g/mol. The van der Waals surface area contributed by atoms with Gasteiger partial charge in [0.15, 0.2) is 11.9 Å². The lowest BCUT2D eigenvalue weighted by molar-refractivity contribution is 0.216. The molecule has 6 heteroatoms. The third-order valence-corrected chi connectivity index (χ3v) is 6.01. The zero-order valence-corrected chi connectivity index (χ0v) is 15.5. The number of nitrogens with zero attached hydrogens (tertiary/aromatic N) is 2. The number of aromatic nitrogens is 2. The second-order valence-corrected chi connectivity index (χ2v) is 7.96. The summed E-state index contributed by atoms with van der Waals surface area (Å²) in [4.78, 5) is 22.4. The number of aromatic amines is 1. The summed E-state index contributed by atoms with van der Waals surface area (Å²) in [6, 6.07) is 8.98. The van der Waals surface area contributed by atoms with Crippen LogP contribution in [0.25, 0.3) is 10.2 Å². The zero-order chi connectivity index (χ0) is 18.3. The van der Waals surface area contributed by atoms with Crippen LogP contribution in [-0.4, -0.2) is 9.97 Å². The Kier molecular flexibility index (Phi) is 4.25. The van der Waals surface area contributed by atoms with Crippen molar-refractivity contribution in [3.8, 4) is 11.8 Å². The largest absolute Gasteiger partial charge is 0.483 e. The third kappa shape index (κ3) is 2.99. The first kappa shape index (κ1) is 16.8. The Balaban J connectivity index is 1.66. The van der Waals surface area contributed by atoms with Crippen LogP contribution in [0, 0.1) is 17.2 Å². The second kappa shape index (κ2) is 6.58. The molecule has 4 rings (SSSR count). The van der Waals surface area contributed by atoms with Gasteiger partial charge in [0.05, 0.1) is 17.0 Å². The average Bonchev–Trinajstić information content (AvgIpc) is 3.00. The minimum Gasteiger partial charge on any atom is -0.483 e. The molecule has 1 aliphatic rings. The SMILES string of the molecule is C[C@H]1CCc2c(sc3nc([C@H](C)Oc4ccc(C#N)cc4)[nH]c(=O)c23)C1. The maximum Gasteiger partial charge on any atom is 0.260 e. The molecule has 26 heavy (non-hydrogen) atoms. The molecule has 0 saturated heterocycles. The number of fused-ring (bicyclic) bond motifs is 3. The number of hydrogen-bond acceptors (Lipinski definition) is 5. The van der Waals surface area contributed by atoms with Gasteiger partial charge in [0.2, 0.25) is 0 Å². The lowest BCUT2D eigenvalue weighted by Crippen LogP contribution is -2.17. The minimum absolute atomic E-state index is 0.0765. The molecule has 0 amide bonds. The highest BCUT2D eigenvalue weighted by atomic mass is 32.1. The van der Waals surface area contributed by atoms with E-state index in [0.717, 1.165) is 29.5 Å². The summed E-state index contributed by atoms with van der Waals surface area (Å²) in [7, 11) is 0. The van der Waals surface area contributed by atoms with Gasteiger partial charge in [-0.3, -0.25) is 4.79 Å². The van der Waals surface area contributed by atoms with Crippen molar-refractivity contribution < 1.29 is 4.74 Å². The Morgan fingerprint density at radius 2 is 2.15 bits per heavy atom. The molecule has 2 atom stereocenters. The lowest BCUT2D eigenvalue weighted by atomic mass is 9.89. The van der Waals surface area contributed by atoms with Crippen LogP contribution in [0.3, 0.4) is 0 Å². The average molecular weight is 365 g/mol. The molecular formula is C20H19N3O2S. The highest BCUT2D eigenvalue weighted by molar-refractivity contribution is 7.18. The van der Waals surface area contributed by atoms with Gasteiger partial charge in [-0.05, 0) is 61.9 Å².